The van der Waals surface area contributed by atoms with E-state index >= 15 is 0 Å². The number of hydrogen-bond acceptors (Lipinski definition) is 6. The third-order valence-electron chi connectivity index (χ3n) is 17.1. The Morgan fingerprint density at radius 2 is 0.434 bits per heavy atom. The standard InChI is InChI=1S/C77H144O6/c1-4-7-10-13-16-19-22-25-28-30-32-33-34-35-36-37-38-39-40-41-42-43-45-46-49-52-55-58-61-64-67-70-76(79)82-73-74(72-81-75(78)69-66-63-60-57-54-51-48-27-24-21-18-15-12-9-6-3)83-77(80)71-68-65-62-59-56-53-50-47-44-31-29-26-23-20-17-14-11-8-5-2/h18,21,27,30,32,48,74H,4-17,19-20,22-26,28-29,31,33-47,49-73H2,1-3H3/b21-18-,32-30-,48-27-. The van der Waals surface area contributed by atoms with Crippen LogP contribution in [0.1, 0.15) is 419 Å². The van der Waals surface area contributed by atoms with Gasteiger partial charge < -0.3 is 14.2 Å². The van der Waals surface area contributed by atoms with Crippen molar-refractivity contribution in [3.63, 3.8) is 0 Å². The highest BCUT2D eigenvalue weighted by Crippen LogP contribution is 2.19. The highest BCUT2D eigenvalue weighted by atomic mass is 16.6. The van der Waals surface area contributed by atoms with Gasteiger partial charge in [-0.05, 0) is 77.0 Å². The molecule has 0 radical (unpaired) electrons. The molecule has 1 unspecified atom stereocenters. The Labute approximate surface area is 518 Å². The Balaban J connectivity index is 4.18. The van der Waals surface area contributed by atoms with Gasteiger partial charge >= 0.3 is 17.9 Å². The van der Waals surface area contributed by atoms with Gasteiger partial charge in [0.25, 0.3) is 0 Å². The minimum absolute atomic E-state index is 0.0706. The fourth-order valence-corrected chi connectivity index (χ4v) is 11.5. The molecule has 0 aromatic carbocycles. The second-order valence-corrected chi connectivity index (χ2v) is 25.6. The van der Waals surface area contributed by atoms with E-state index in [4.69, 9.17) is 14.2 Å². The van der Waals surface area contributed by atoms with Crippen LogP contribution in [0, 0.1) is 0 Å². The van der Waals surface area contributed by atoms with Crippen LogP contribution in [-0.4, -0.2) is 37.2 Å². The van der Waals surface area contributed by atoms with Crippen molar-refractivity contribution in [1.82, 2.24) is 0 Å². The van der Waals surface area contributed by atoms with E-state index in [2.05, 4.69) is 57.2 Å². The van der Waals surface area contributed by atoms with E-state index in [1.807, 2.05) is 0 Å². The van der Waals surface area contributed by atoms with E-state index < -0.39 is 6.10 Å². The summed E-state index contributed by atoms with van der Waals surface area (Å²) in [7, 11) is 0. The maximum absolute atomic E-state index is 13.0. The van der Waals surface area contributed by atoms with Crippen LogP contribution in [0.5, 0.6) is 0 Å². The number of esters is 3. The zero-order chi connectivity index (χ0) is 59.9. The number of carbonyl (C=O) groups excluding carboxylic acids is 3. The molecule has 1 atom stereocenters. The van der Waals surface area contributed by atoms with E-state index in [1.54, 1.807) is 0 Å². The molecule has 0 saturated carbocycles. The topological polar surface area (TPSA) is 78.9 Å². The maximum Gasteiger partial charge on any atom is 0.306 e. The van der Waals surface area contributed by atoms with Crippen LogP contribution >= 0.6 is 0 Å². The molecule has 488 valence electrons. The van der Waals surface area contributed by atoms with Crippen LogP contribution in [0.15, 0.2) is 36.5 Å². The summed E-state index contributed by atoms with van der Waals surface area (Å²) in [6.07, 6.45) is 90.5. The van der Waals surface area contributed by atoms with E-state index in [1.165, 1.54) is 302 Å². The largest absolute Gasteiger partial charge is 0.462 e. The number of rotatable bonds is 70. The molecule has 0 aliphatic carbocycles. The zero-order valence-corrected chi connectivity index (χ0v) is 56.2. The summed E-state index contributed by atoms with van der Waals surface area (Å²) in [5.41, 5.74) is 0. The first-order chi connectivity index (χ1) is 41.0. The third-order valence-corrected chi connectivity index (χ3v) is 17.1. The fourth-order valence-electron chi connectivity index (χ4n) is 11.5. The molecule has 0 fully saturated rings. The lowest BCUT2D eigenvalue weighted by Crippen LogP contribution is -2.30. The zero-order valence-electron chi connectivity index (χ0n) is 56.2. The molecule has 0 amide bonds. The van der Waals surface area contributed by atoms with Gasteiger partial charge in [-0.1, -0.05) is 359 Å². The van der Waals surface area contributed by atoms with Gasteiger partial charge in [0.05, 0.1) is 0 Å². The van der Waals surface area contributed by atoms with Crippen LogP contribution in [-0.2, 0) is 28.6 Å². The van der Waals surface area contributed by atoms with Crippen LogP contribution in [0.4, 0.5) is 0 Å². The van der Waals surface area contributed by atoms with Crippen LogP contribution < -0.4 is 0 Å². The molecule has 0 bridgehead atoms. The number of carbonyl (C=O) groups is 3. The molecule has 0 spiro atoms. The van der Waals surface area contributed by atoms with Gasteiger partial charge in [0.1, 0.15) is 13.2 Å². The van der Waals surface area contributed by atoms with Crippen molar-refractivity contribution in [1.29, 1.82) is 0 Å². The summed E-state index contributed by atoms with van der Waals surface area (Å²) in [5, 5.41) is 0. The first-order valence-corrected chi connectivity index (χ1v) is 37.5. The fraction of sp³-hybridized carbons (Fsp3) is 0.883. The van der Waals surface area contributed by atoms with E-state index in [-0.39, 0.29) is 31.1 Å². The Hall–Kier alpha value is -2.37. The Morgan fingerprint density at radius 1 is 0.241 bits per heavy atom. The van der Waals surface area contributed by atoms with Crippen molar-refractivity contribution in [3.05, 3.63) is 36.5 Å². The van der Waals surface area contributed by atoms with Crippen molar-refractivity contribution < 1.29 is 28.6 Å². The Bertz CT molecular complexity index is 1380. The predicted molar refractivity (Wildman–Crippen MR) is 362 cm³/mol. The molecule has 6 heteroatoms. The third kappa shape index (κ3) is 70.3. The first-order valence-electron chi connectivity index (χ1n) is 37.5. The molecule has 0 aromatic rings. The number of ether oxygens (including phenoxy) is 3. The smallest absolute Gasteiger partial charge is 0.306 e. The normalized spacial score (nSPS) is 12.2. The summed E-state index contributed by atoms with van der Waals surface area (Å²) in [6, 6.07) is 0. The molecule has 0 aromatic heterocycles. The second-order valence-electron chi connectivity index (χ2n) is 25.6. The maximum atomic E-state index is 13.0. The molecule has 0 aliphatic rings. The highest BCUT2D eigenvalue weighted by molar-refractivity contribution is 5.71. The van der Waals surface area contributed by atoms with Crippen molar-refractivity contribution in [2.75, 3.05) is 13.2 Å². The molecule has 0 aliphatic heterocycles. The van der Waals surface area contributed by atoms with Crippen LogP contribution in [0.3, 0.4) is 0 Å². The van der Waals surface area contributed by atoms with Gasteiger partial charge in [-0.15, -0.1) is 0 Å². The predicted octanol–water partition coefficient (Wildman–Crippen LogP) is 25.9. The Kier molecular flexibility index (Phi) is 70.0. The quantitative estimate of drug-likeness (QED) is 0.0261. The van der Waals surface area contributed by atoms with E-state index in [0.29, 0.717) is 19.3 Å². The molecule has 0 N–H and O–H groups in total. The Morgan fingerprint density at radius 3 is 0.699 bits per heavy atom. The lowest BCUT2D eigenvalue weighted by atomic mass is 10.0. The van der Waals surface area contributed by atoms with Crippen molar-refractivity contribution >= 4 is 17.9 Å². The molecule has 0 rings (SSSR count). The SMILES string of the molecule is CCCCC/C=C\C/C=C\CCCCCCCC(=O)OCC(COC(=O)CCCCCCCCCCCCCCCCCCCCC/C=C\CCCCCCCCCC)OC(=O)CCCCCCCCCCCCCCCCCCCCC. The average molecular weight is 1170 g/mol. The van der Waals surface area contributed by atoms with Crippen molar-refractivity contribution in [2.24, 2.45) is 0 Å². The highest BCUT2D eigenvalue weighted by Gasteiger charge is 2.20. The van der Waals surface area contributed by atoms with Crippen LogP contribution in [0.2, 0.25) is 0 Å². The van der Waals surface area contributed by atoms with Gasteiger partial charge in [-0.25, -0.2) is 0 Å². The first kappa shape index (κ1) is 80.6. The molecule has 6 nitrogen and oxygen atoms in total. The number of unbranched alkanes of at least 4 members (excludes halogenated alkanes) is 53. The van der Waals surface area contributed by atoms with E-state index in [0.717, 1.165) is 77.0 Å². The molecule has 83 heavy (non-hydrogen) atoms. The summed E-state index contributed by atoms with van der Waals surface area (Å²) >= 11 is 0. The molecular formula is C77H144O6. The van der Waals surface area contributed by atoms with Crippen molar-refractivity contribution in [2.45, 2.75) is 425 Å². The van der Waals surface area contributed by atoms with Gasteiger partial charge in [0, 0.05) is 19.3 Å². The van der Waals surface area contributed by atoms with Gasteiger partial charge in [-0.3, -0.25) is 14.4 Å². The summed E-state index contributed by atoms with van der Waals surface area (Å²) in [4.78, 5) is 38.5. The molecule has 0 heterocycles. The monoisotopic (exact) mass is 1170 g/mol. The number of hydrogen-bond donors (Lipinski definition) is 0. The summed E-state index contributed by atoms with van der Waals surface area (Å²) < 4.78 is 17.0. The van der Waals surface area contributed by atoms with Gasteiger partial charge in [0.15, 0.2) is 6.10 Å². The second kappa shape index (κ2) is 72.1. The minimum Gasteiger partial charge on any atom is -0.462 e. The minimum atomic E-state index is -0.776. The summed E-state index contributed by atoms with van der Waals surface area (Å²) in [5.74, 6) is -0.852. The lowest BCUT2D eigenvalue weighted by Gasteiger charge is -2.18. The average Bonchev–Trinajstić information content (AvgIpc) is 3.50. The lowest BCUT2D eigenvalue weighted by molar-refractivity contribution is -0.167. The van der Waals surface area contributed by atoms with Crippen LogP contribution in [0.25, 0.3) is 0 Å². The number of allylic oxidation sites excluding steroid dienone is 6. The van der Waals surface area contributed by atoms with Gasteiger partial charge in [0.2, 0.25) is 0 Å². The summed E-state index contributed by atoms with van der Waals surface area (Å²) in [6.45, 7) is 6.68. The van der Waals surface area contributed by atoms with E-state index in [9.17, 15) is 14.4 Å². The van der Waals surface area contributed by atoms with Gasteiger partial charge in [-0.2, -0.15) is 0 Å². The molecular weight excluding hydrogens is 1020 g/mol. The van der Waals surface area contributed by atoms with Crippen molar-refractivity contribution in [3.8, 4) is 0 Å². The molecule has 0 saturated heterocycles.